The summed E-state index contributed by atoms with van der Waals surface area (Å²) in [6.45, 7) is 6.23. The van der Waals surface area contributed by atoms with Crippen LogP contribution in [-0.2, 0) is 0 Å². The Bertz CT molecular complexity index is 93.6. The van der Waals surface area contributed by atoms with Crippen molar-refractivity contribution in [3.05, 3.63) is 0 Å². The highest BCUT2D eigenvalue weighted by Gasteiger charge is 2.14. The number of rotatable bonds is 5. The van der Waals surface area contributed by atoms with Crippen LogP contribution in [0.1, 0.15) is 33.6 Å². The maximum Gasteiger partial charge on any atom is 0.0563 e. The molecule has 0 aliphatic heterocycles. The normalized spacial score (nSPS) is 19.4. The van der Waals surface area contributed by atoms with E-state index < -0.39 is 0 Å². The Morgan fingerprint density at radius 1 is 1.27 bits per heavy atom. The van der Waals surface area contributed by atoms with E-state index in [9.17, 15) is 5.11 Å². The van der Waals surface area contributed by atoms with Gasteiger partial charge in [-0.25, -0.2) is 0 Å². The van der Waals surface area contributed by atoms with Crippen LogP contribution in [0.3, 0.4) is 0 Å². The average Bonchev–Trinajstić information content (AvgIpc) is 2.02. The molecular weight excluding hydrogens is 140 g/mol. The van der Waals surface area contributed by atoms with Crippen molar-refractivity contribution in [1.29, 1.82) is 0 Å². The van der Waals surface area contributed by atoms with E-state index in [-0.39, 0.29) is 12.7 Å². The van der Waals surface area contributed by atoms with E-state index >= 15 is 0 Å². The lowest BCUT2D eigenvalue weighted by atomic mass is 9.92. The van der Waals surface area contributed by atoms with Crippen molar-refractivity contribution in [2.24, 2.45) is 11.8 Å². The van der Waals surface area contributed by atoms with E-state index in [0.29, 0.717) is 11.8 Å². The monoisotopic (exact) mass is 160 g/mol. The molecule has 3 atom stereocenters. The van der Waals surface area contributed by atoms with Crippen LogP contribution < -0.4 is 0 Å². The molecule has 0 bridgehead atoms. The highest BCUT2D eigenvalue weighted by molar-refractivity contribution is 4.65. The van der Waals surface area contributed by atoms with Crippen molar-refractivity contribution in [3.8, 4) is 0 Å². The van der Waals surface area contributed by atoms with E-state index in [2.05, 4.69) is 0 Å². The van der Waals surface area contributed by atoms with Crippen molar-refractivity contribution < 1.29 is 10.2 Å². The van der Waals surface area contributed by atoms with Gasteiger partial charge in [0, 0.05) is 6.61 Å². The molecule has 0 aromatic carbocycles. The minimum absolute atomic E-state index is 0.205. The molecule has 68 valence electrons. The van der Waals surface area contributed by atoms with Crippen molar-refractivity contribution in [1.82, 2.24) is 0 Å². The highest BCUT2D eigenvalue weighted by atomic mass is 16.3. The fourth-order valence-electron chi connectivity index (χ4n) is 1.27. The maximum atomic E-state index is 9.39. The third kappa shape index (κ3) is 4.38. The molecule has 11 heavy (non-hydrogen) atoms. The van der Waals surface area contributed by atoms with Gasteiger partial charge in [0.05, 0.1) is 6.10 Å². The number of hydrogen-bond donors (Lipinski definition) is 2. The van der Waals surface area contributed by atoms with Gasteiger partial charge in [-0.05, 0) is 24.7 Å². The van der Waals surface area contributed by atoms with Crippen LogP contribution in [0.25, 0.3) is 0 Å². The second-order valence-corrected chi connectivity index (χ2v) is 3.48. The number of aliphatic hydroxyl groups is 2. The smallest absolute Gasteiger partial charge is 0.0563 e. The van der Waals surface area contributed by atoms with Gasteiger partial charge in [0.1, 0.15) is 0 Å². The topological polar surface area (TPSA) is 40.5 Å². The first kappa shape index (κ1) is 10.9. The molecule has 3 unspecified atom stereocenters. The van der Waals surface area contributed by atoms with Gasteiger partial charge >= 0.3 is 0 Å². The third-order valence-corrected chi connectivity index (χ3v) is 2.16. The molecule has 0 fully saturated rings. The predicted molar refractivity (Wildman–Crippen MR) is 46.3 cm³/mol. The molecule has 0 amide bonds. The Morgan fingerprint density at radius 2 is 1.82 bits per heavy atom. The van der Waals surface area contributed by atoms with Gasteiger partial charge in [-0.1, -0.05) is 20.8 Å². The van der Waals surface area contributed by atoms with Crippen molar-refractivity contribution in [2.45, 2.75) is 39.7 Å². The summed E-state index contributed by atoms with van der Waals surface area (Å²) < 4.78 is 0. The lowest BCUT2D eigenvalue weighted by Crippen LogP contribution is -2.19. The molecule has 0 aromatic heterocycles. The second-order valence-electron chi connectivity index (χ2n) is 3.48. The lowest BCUT2D eigenvalue weighted by molar-refractivity contribution is 0.0907. The first-order valence-corrected chi connectivity index (χ1v) is 4.40. The molecule has 2 N–H and O–H groups in total. The van der Waals surface area contributed by atoms with Crippen LogP contribution in [0.15, 0.2) is 0 Å². The Hall–Kier alpha value is -0.0800. The summed E-state index contributed by atoms with van der Waals surface area (Å²) in [5.41, 5.74) is 0. The van der Waals surface area contributed by atoms with Crippen molar-refractivity contribution in [2.75, 3.05) is 6.61 Å². The predicted octanol–water partition coefficient (Wildman–Crippen LogP) is 1.41. The molecule has 0 heterocycles. The number of aliphatic hydroxyl groups excluding tert-OH is 2. The molecule has 0 saturated carbocycles. The van der Waals surface area contributed by atoms with Crippen LogP contribution in [0.2, 0.25) is 0 Å². The first-order chi connectivity index (χ1) is 5.11. The summed E-state index contributed by atoms with van der Waals surface area (Å²) in [5.74, 6) is 0.619. The standard InChI is InChI=1S/C9H20O2/c1-4-9(11)8(3)5-7(2)6-10/h7-11H,4-6H2,1-3H3. The largest absolute Gasteiger partial charge is 0.396 e. The molecule has 0 rings (SSSR count). The Balaban J connectivity index is 3.58. The Morgan fingerprint density at radius 3 is 2.18 bits per heavy atom. The zero-order valence-corrected chi connectivity index (χ0v) is 7.75. The molecule has 0 aliphatic carbocycles. The molecule has 2 heteroatoms. The first-order valence-electron chi connectivity index (χ1n) is 4.40. The molecule has 0 radical (unpaired) electrons. The fraction of sp³-hybridized carbons (Fsp3) is 1.00. The summed E-state index contributed by atoms with van der Waals surface area (Å²) in [4.78, 5) is 0. The van der Waals surface area contributed by atoms with Crippen molar-refractivity contribution >= 4 is 0 Å². The van der Waals surface area contributed by atoms with Gasteiger partial charge in [0.2, 0.25) is 0 Å². The van der Waals surface area contributed by atoms with E-state index in [0.717, 1.165) is 12.8 Å². The zero-order valence-electron chi connectivity index (χ0n) is 7.75. The average molecular weight is 160 g/mol. The molecule has 2 nitrogen and oxygen atoms in total. The van der Waals surface area contributed by atoms with Crippen LogP contribution >= 0.6 is 0 Å². The third-order valence-electron chi connectivity index (χ3n) is 2.16. The summed E-state index contributed by atoms with van der Waals surface area (Å²) in [6.07, 6.45) is 1.51. The maximum absolute atomic E-state index is 9.39. The molecule has 0 aromatic rings. The van der Waals surface area contributed by atoms with Gasteiger partial charge < -0.3 is 10.2 Å². The van der Waals surface area contributed by atoms with E-state index in [1.165, 1.54) is 0 Å². The van der Waals surface area contributed by atoms with Gasteiger partial charge in [-0.2, -0.15) is 0 Å². The summed E-state index contributed by atoms with van der Waals surface area (Å²) in [5, 5.41) is 18.1. The molecular formula is C9H20O2. The van der Waals surface area contributed by atoms with Crippen LogP contribution in [-0.4, -0.2) is 22.9 Å². The van der Waals surface area contributed by atoms with Crippen molar-refractivity contribution in [3.63, 3.8) is 0 Å². The minimum atomic E-state index is -0.205. The van der Waals surface area contributed by atoms with Crippen LogP contribution in [0.4, 0.5) is 0 Å². The van der Waals surface area contributed by atoms with Gasteiger partial charge in [-0.3, -0.25) is 0 Å². The van der Waals surface area contributed by atoms with E-state index in [1.54, 1.807) is 0 Å². The minimum Gasteiger partial charge on any atom is -0.396 e. The second kappa shape index (κ2) is 5.56. The summed E-state index contributed by atoms with van der Waals surface area (Å²) in [6, 6.07) is 0. The molecule has 0 spiro atoms. The van der Waals surface area contributed by atoms with Gasteiger partial charge in [0.25, 0.3) is 0 Å². The van der Waals surface area contributed by atoms with E-state index in [1.807, 2.05) is 20.8 Å². The van der Waals surface area contributed by atoms with Gasteiger partial charge in [0.15, 0.2) is 0 Å². The summed E-state index contributed by atoms with van der Waals surface area (Å²) in [7, 11) is 0. The molecule has 0 saturated heterocycles. The van der Waals surface area contributed by atoms with Gasteiger partial charge in [-0.15, -0.1) is 0 Å². The van der Waals surface area contributed by atoms with Crippen LogP contribution in [0.5, 0.6) is 0 Å². The quantitative estimate of drug-likeness (QED) is 0.638. The fourth-order valence-corrected chi connectivity index (χ4v) is 1.27. The zero-order chi connectivity index (χ0) is 8.85. The highest BCUT2D eigenvalue weighted by Crippen LogP contribution is 2.16. The molecule has 0 aliphatic rings. The lowest BCUT2D eigenvalue weighted by Gasteiger charge is -2.19. The number of hydrogen-bond acceptors (Lipinski definition) is 2. The SMILES string of the molecule is CCC(O)C(C)CC(C)CO. The van der Waals surface area contributed by atoms with E-state index in [4.69, 9.17) is 5.11 Å². The Labute approximate surface area is 69.2 Å². The van der Waals surface area contributed by atoms with Crippen LogP contribution in [0, 0.1) is 11.8 Å². The Kier molecular flexibility index (Phi) is 5.51. The summed E-state index contributed by atoms with van der Waals surface area (Å²) >= 11 is 0.